The van der Waals surface area contributed by atoms with E-state index in [1.165, 1.54) is 4.88 Å². The molecule has 28 heavy (non-hydrogen) atoms. The second-order valence-electron chi connectivity index (χ2n) is 6.34. The summed E-state index contributed by atoms with van der Waals surface area (Å²) >= 11 is 1.68. The normalized spacial score (nSPS) is 12.7. The molecule has 4 aromatic rings. The number of ether oxygens (including phenoxy) is 1. The van der Waals surface area contributed by atoms with Crippen molar-refractivity contribution in [2.24, 2.45) is 5.73 Å². The smallest absolute Gasteiger partial charge is 0.253 e. The maximum Gasteiger partial charge on any atom is 0.253 e. The number of benzene rings is 1. The summed E-state index contributed by atoms with van der Waals surface area (Å²) in [5.41, 5.74) is 7.46. The van der Waals surface area contributed by atoms with E-state index in [0.717, 1.165) is 11.2 Å². The molecule has 3 N–H and O–H groups in total. The molecular weight excluding hydrogens is 376 g/mol. The minimum Gasteiger partial charge on any atom is -0.487 e. The van der Waals surface area contributed by atoms with Gasteiger partial charge >= 0.3 is 0 Å². The van der Waals surface area contributed by atoms with Gasteiger partial charge in [-0.15, -0.1) is 11.3 Å². The van der Waals surface area contributed by atoms with Crippen LogP contribution in [0.4, 0.5) is 5.82 Å². The summed E-state index contributed by atoms with van der Waals surface area (Å²) in [5, 5.41) is 10.5. The van der Waals surface area contributed by atoms with E-state index in [9.17, 15) is 4.79 Å². The number of nitrogens with two attached hydrogens (primary N) is 1. The number of primary amides is 1. The zero-order valence-corrected chi connectivity index (χ0v) is 15.6. The maximum atomic E-state index is 11.7. The van der Waals surface area contributed by atoms with Crippen LogP contribution in [0.25, 0.3) is 16.9 Å². The highest BCUT2D eigenvalue weighted by Crippen LogP contribution is 2.33. The van der Waals surface area contributed by atoms with Gasteiger partial charge in [-0.3, -0.25) is 4.79 Å². The molecule has 0 bridgehead atoms. The van der Waals surface area contributed by atoms with E-state index in [1.807, 2.05) is 17.5 Å². The third-order valence-electron chi connectivity index (χ3n) is 4.59. The molecule has 1 aliphatic heterocycles. The lowest BCUT2D eigenvalue weighted by molar-refractivity contribution is 0.100. The standard InChI is InChI=1S/C19H16N6O2S/c20-17(26)12-4-1-5-15-13(12)10-22-25(15)19-23-14-6-7-27-16(14)18(24-19)21-9-11-3-2-8-28-11/h1-5,8,10H,6-7,9H2,(H2,20,26)(H,21,23,24). The molecule has 1 aromatic carbocycles. The molecule has 0 saturated carbocycles. The van der Waals surface area contributed by atoms with Crippen molar-refractivity contribution in [1.29, 1.82) is 0 Å². The summed E-state index contributed by atoms with van der Waals surface area (Å²) in [5.74, 6) is 1.26. The maximum absolute atomic E-state index is 11.7. The van der Waals surface area contributed by atoms with E-state index in [-0.39, 0.29) is 0 Å². The topological polar surface area (TPSA) is 108 Å². The number of hydrogen-bond donors (Lipinski definition) is 2. The van der Waals surface area contributed by atoms with E-state index in [2.05, 4.69) is 26.4 Å². The van der Waals surface area contributed by atoms with Crippen LogP contribution >= 0.6 is 11.3 Å². The number of aromatic nitrogens is 4. The summed E-state index contributed by atoms with van der Waals surface area (Å²) in [7, 11) is 0. The largest absolute Gasteiger partial charge is 0.487 e. The van der Waals surface area contributed by atoms with E-state index in [0.29, 0.717) is 48.0 Å². The van der Waals surface area contributed by atoms with Crippen LogP contribution < -0.4 is 15.8 Å². The van der Waals surface area contributed by atoms with Gasteiger partial charge in [-0.25, -0.2) is 4.98 Å². The van der Waals surface area contributed by atoms with Crippen LogP contribution in [-0.2, 0) is 13.0 Å². The fraction of sp³-hybridized carbons (Fsp3) is 0.158. The molecule has 9 heteroatoms. The second kappa shape index (κ2) is 6.61. The number of hydrogen-bond acceptors (Lipinski definition) is 7. The SMILES string of the molecule is NC(=O)c1cccc2c1cnn2-c1nc2c(c(NCc3cccs3)n1)OCC2. The van der Waals surface area contributed by atoms with Crippen molar-refractivity contribution in [3.05, 3.63) is 58.0 Å². The first-order chi connectivity index (χ1) is 13.7. The summed E-state index contributed by atoms with van der Waals surface area (Å²) in [6.45, 7) is 1.22. The zero-order chi connectivity index (χ0) is 19.1. The van der Waals surface area contributed by atoms with Gasteiger partial charge in [0, 0.05) is 16.7 Å². The number of nitrogens with zero attached hydrogens (tertiary/aromatic N) is 4. The van der Waals surface area contributed by atoms with Crippen molar-refractivity contribution in [1.82, 2.24) is 19.7 Å². The van der Waals surface area contributed by atoms with Gasteiger partial charge in [-0.1, -0.05) is 12.1 Å². The number of anilines is 1. The molecule has 0 atom stereocenters. The van der Waals surface area contributed by atoms with E-state index < -0.39 is 5.91 Å². The lowest BCUT2D eigenvalue weighted by atomic mass is 10.1. The van der Waals surface area contributed by atoms with Gasteiger partial charge in [-0.2, -0.15) is 14.8 Å². The minimum atomic E-state index is -0.494. The Bertz CT molecular complexity index is 1180. The molecule has 0 aliphatic carbocycles. The van der Waals surface area contributed by atoms with Gasteiger partial charge in [-0.05, 0) is 23.6 Å². The van der Waals surface area contributed by atoms with Gasteiger partial charge in [0.1, 0.15) is 0 Å². The molecule has 1 amide bonds. The van der Waals surface area contributed by atoms with Crippen LogP contribution in [0, 0.1) is 0 Å². The van der Waals surface area contributed by atoms with Crippen molar-refractivity contribution in [3.8, 4) is 11.7 Å². The molecule has 140 valence electrons. The molecule has 0 saturated heterocycles. The molecule has 0 fully saturated rings. The number of carbonyl (C=O) groups excluding carboxylic acids is 1. The molecule has 0 unspecified atom stereocenters. The van der Waals surface area contributed by atoms with Crippen LogP contribution in [0.5, 0.6) is 5.75 Å². The molecule has 0 radical (unpaired) electrons. The van der Waals surface area contributed by atoms with Crippen LogP contribution in [0.3, 0.4) is 0 Å². The lowest BCUT2D eigenvalue weighted by Gasteiger charge is -2.11. The fourth-order valence-electron chi connectivity index (χ4n) is 3.28. The van der Waals surface area contributed by atoms with Gasteiger partial charge in [0.05, 0.1) is 36.1 Å². The Morgan fingerprint density at radius 2 is 2.21 bits per heavy atom. The van der Waals surface area contributed by atoms with E-state index in [4.69, 9.17) is 10.5 Å². The number of amides is 1. The number of thiophene rings is 1. The van der Waals surface area contributed by atoms with Gasteiger partial charge in [0.15, 0.2) is 11.6 Å². The zero-order valence-electron chi connectivity index (χ0n) is 14.8. The Morgan fingerprint density at radius 3 is 3.04 bits per heavy atom. The van der Waals surface area contributed by atoms with Gasteiger partial charge < -0.3 is 15.8 Å². The Labute approximate surface area is 164 Å². The molecule has 1 aliphatic rings. The molecule has 4 heterocycles. The number of carbonyl (C=O) groups is 1. The monoisotopic (exact) mass is 392 g/mol. The van der Waals surface area contributed by atoms with Crippen molar-refractivity contribution in [2.75, 3.05) is 11.9 Å². The van der Waals surface area contributed by atoms with Crippen LogP contribution in [0.15, 0.2) is 41.9 Å². The van der Waals surface area contributed by atoms with Gasteiger partial charge in [0.2, 0.25) is 5.91 Å². The number of nitrogens with one attached hydrogen (secondary N) is 1. The highest BCUT2D eigenvalue weighted by atomic mass is 32.1. The van der Waals surface area contributed by atoms with Crippen molar-refractivity contribution in [2.45, 2.75) is 13.0 Å². The predicted octanol–water partition coefficient (Wildman–Crippen LogP) is 2.52. The Morgan fingerprint density at radius 1 is 1.29 bits per heavy atom. The molecule has 8 nitrogen and oxygen atoms in total. The lowest BCUT2D eigenvalue weighted by Crippen LogP contribution is -2.11. The van der Waals surface area contributed by atoms with Crippen molar-refractivity contribution >= 4 is 34.0 Å². The molecular formula is C19H16N6O2S. The second-order valence-corrected chi connectivity index (χ2v) is 7.37. The van der Waals surface area contributed by atoms with E-state index in [1.54, 1.807) is 34.3 Å². The molecule has 0 spiro atoms. The summed E-state index contributed by atoms with van der Waals surface area (Å²) in [6, 6.07) is 9.39. The minimum absolute atomic E-state index is 0.421. The van der Waals surface area contributed by atoms with Crippen LogP contribution in [0.2, 0.25) is 0 Å². The number of rotatable bonds is 5. The Balaban J connectivity index is 1.59. The third-order valence-corrected chi connectivity index (χ3v) is 5.46. The van der Waals surface area contributed by atoms with Crippen LogP contribution in [0.1, 0.15) is 20.9 Å². The average Bonchev–Trinajstić information content (AvgIpc) is 3.45. The Kier molecular flexibility index (Phi) is 3.94. The first-order valence-corrected chi connectivity index (χ1v) is 9.65. The average molecular weight is 392 g/mol. The highest BCUT2D eigenvalue weighted by Gasteiger charge is 2.23. The van der Waals surface area contributed by atoms with Crippen molar-refractivity contribution < 1.29 is 9.53 Å². The highest BCUT2D eigenvalue weighted by molar-refractivity contribution is 7.09. The first kappa shape index (κ1) is 16.7. The fourth-order valence-corrected chi connectivity index (χ4v) is 3.92. The number of fused-ring (bicyclic) bond motifs is 2. The van der Waals surface area contributed by atoms with E-state index >= 15 is 0 Å². The van der Waals surface area contributed by atoms with Crippen molar-refractivity contribution in [3.63, 3.8) is 0 Å². The summed E-state index contributed by atoms with van der Waals surface area (Å²) in [4.78, 5) is 22.2. The van der Waals surface area contributed by atoms with Crippen LogP contribution in [-0.4, -0.2) is 32.3 Å². The quantitative estimate of drug-likeness (QED) is 0.540. The summed E-state index contributed by atoms with van der Waals surface area (Å²) in [6.07, 6.45) is 2.32. The summed E-state index contributed by atoms with van der Waals surface area (Å²) < 4.78 is 7.36. The first-order valence-electron chi connectivity index (χ1n) is 8.77. The Hall–Kier alpha value is -3.46. The molecule has 3 aromatic heterocycles. The third kappa shape index (κ3) is 2.76. The molecule has 5 rings (SSSR count). The predicted molar refractivity (Wildman–Crippen MR) is 106 cm³/mol. The van der Waals surface area contributed by atoms with Gasteiger partial charge in [0.25, 0.3) is 5.95 Å².